The van der Waals surface area contributed by atoms with Crippen molar-refractivity contribution < 1.29 is 14.6 Å². The summed E-state index contributed by atoms with van der Waals surface area (Å²) in [5.74, 6) is 0.573. The van der Waals surface area contributed by atoms with Crippen molar-refractivity contribution in [3.63, 3.8) is 0 Å². The molecule has 4 heteroatoms. The summed E-state index contributed by atoms with van der Waals surface area (Å²) in [6.07, 6.45) is 1.83. The molecule has 1 aliphatic rings. The molecule has 1 atom stereocenters. The third-order valence-corrected chi connectivity index (χ3v) is 3.27. The van der Waals surface area contributed by atoms with Crippen molar-refractivity contribution in [1.29, 1.82) is 0 Å². The molecule has 0 aliphatic carbocycles. The van der Waals surface area contributed by atoms with Gasteiger partial charge in [-0.15, -0.1) is 0 Å². The molecule has 18 heavy (non-hydrogen) atoms. The highest BCUT2D eigenvalue weighted by molar-refractivity contribution is 5.97. The van der Waals surface area contributed by atoms with E-state index in [0.29, 0.717) is 24.5 Å². The summed E-state index contributed by atoms with van der Waals surface area (Å²) in [7, 11) is 0. The standard InChI is InChI=1S/C14H19NO3/c1-2-18-13-8-4-3-7-12(13)14(17)15-9-5-6-11(15)10-16/h3-4,7-8,11,16H,2,5-6,9-10H2,1H3/t11-/m0/s1. The van der Waals surface area contributed by atoms with E-state index < -0.39 is 0 Å². The van der Waals surface area contributed by atoms with Crippen LogP contribution in [0.3, 0.4) is 0 Å². The second kappa shape index (κ2) is 5.87. The third kappa shape index (κ3) is 2.48. The van der Waals surface area contributed by atoms with Crippen LogP contribution in [0.25, 0.3) is 0 Å². The minimum absolute atomic E-state index is 0.0303. The zero-order chi connectivity index (χ0) is 13.0. The van der Waals surface area contributed by atoms with Gasteiger partial charge in [0.25, 0.3) is 5.91 Å². The number of nitrogens with zero attached hydrogens (tertiary/aromatic N) is 1. The van der Waals surface area contributed by atoms with Crippen molar-refractivity contribution in [1.82, 2.24) is 4.90 Å². The largest absolute Gasteiger partial charge is 0.493 e. The first-order valence-electron chi connectivity index (χ1n) is 6.41. The Balaban J connectivity index is 2.22. The fourth-order valence-electron chi connectivity index (χ4n) is 2.37. The van der Waals surface area contributed by atoms with Gasteiger partial charge in [0, 0.05) is 6.54 Å². The number of para-hydroxylation sites is 1. The van der Waals surface area contributed by atoms with Crippen LogP contribution >= 0.6 is 0 Å². The van der Waals surface area contributed by atoms with E-state index in [9.17, 15) is 9.90 Å². The summed E-state index contributed by atoms with van der Waals surface area (Å²) in [5, 5.41) is 9.28. The number of amides is 1. The van der Waals surface area contributed by atoms with Crippen molar-refractivity contribution in [2.75, 3.05) is 19.8 Å². The van der Waals surface area contributed by atoms with Crippen LogP contribution in [0.15, 0.2) is 24.3 Å². The SMILES string of the molecule is CCOc1ccccc1C(=O)N1CCC[C@H]1CO. The van der Waals surface area contributed by atoms with Crippen LogP contribution in [0.4, 0.5) is 0 Å². The molecule has 1 N–H and O–H groups in total. The highest BCUT2D eigenvalue weighted by Crippen LogP contribution is 2.24. The Kier molecular flexibility index (Phi) is 4.20. The van der Waals surface area contributed by atoms with Gasteiger partial charge in [-0.2, -0.15) is 0 Å². The van der Waals surface area contributed by atoms with Crippen LogP contribution in [-0.4, -0.2) is 41.7 Å². The smallest absolute Gasteiger partial charge is 0.257 e. The van der Waals surface area contributed by atoms with E-state index in [1.807, 2.05) is 19.1 Å². The summed E-state index contributed by atoms with van der Waals surface area (Å²) in [6.45, 7) is 3.18. The normalized spacial score (nSPS) is 19.0. The predicted octanol–water partition coefficient (Wildman–Crippen LogP) is 1.68. The average molecular weight is 249 g/mol. The number of aliphatic hydroxyl groups is 1. The maximum atomic E-state index is 12.4. The summed E-state index contributed by atoms with van der Waals surface area (Å²) in [5.41, 5.74) is 0.583. The number of ether oxygens (including phenoxy) is 1. The minimum atomic E-state index is -0.0489. The maximum absolute atomic E-state index is 12.4. The molecule has 0 saturated carbocycles. The Hall–Kier alpha value is -1.55. The Morgan fingerprint density at radius 3 is 3.00 bits per heavy atom. The number of hydrogen-bond donors (Lipinski definition) is 1. The van der Waals surface area contributed by atoms with Crippen LogP contribution in [0.2, 0.25) is 0 Å². The Bertz CT molecular complexity index is 419. The predicted molar refractivity (Wildman–Crippen MR) is 68.8 cm³/mol. The monoisotopic (exact) mass is 249 g/mol. The topological polar surface area (TPSA) is 49.8 Å². The van der Waals surface area contributed by atoms with Crippen molar-refractivity contribution in [3.8, 4) is 5.75 Å². The van der Waals surface area contributed by atoms with E-state index in [1.54, 1.807) is 17.0 Å². The van der Waals surface area contributed by atoms with Crippen molar-refractivity contribution in [2.45, 2.75) is 25.8 Å². The minimum Gasteiger partial charge on any atom is -0.493 e. The number of hydrogen-bond acceptors (Lipinski definition) is 3. The van der Waals surface area contributed by atoms with Crippen LogP contribution in [0, 0.1) is 0 Å². The molecule has 1 saturated heterocycles. The zero-order valence-electron chi connectivity index (χ0n) is 10.6. The molecule has 1 amide bonds. The molecule has 0 radical (unpaired) electrons. The lowest BCUT2D eigenvalue weighted by atomic mass is 10.1. The van der Waals surface area contributed by atoms with Crippen molar-refractivity contribution >= 4 is 5.91 Å². The van der Waals surface area contributed by atoms with Crippen LogP contribution in [0.1, 0.15) is 30.1 Å². The van der Waals surface area contributed by atoms with Gasteiger partial charge in [0.1, 0.15) is 5.75 Å². The Labute approximate surface area is 107 Å². The summed E-state index contributed by atoms with van der Waals surface area (Å²) < 4.78 is 5.48. The molecular weight excluding hydrogens is 230 g/mol. The molecule has 1 aromatic rings. The molecule has 0 unspecified atom stereocenters. The van der Waals surface area contributed by atoms with Crippen LogP contribution in [-0.2, 0) is 0 Å². The molecule has 98 valence electrons. The molecule has 1 heterocycles. The first kappa shape index (κ1) is 12.9. The number of benzene rings is 1. The van der Waals surface area contributed by atoms with Gasteiger partial charge >= 0.3 is 0 Å². The molecule has 4 nitrogen and oxygen atoms in total. The second-order valence-electron chi connectivity index (χ2n) is 4.41. The van der Waals surface area contributed by atoms with Gasteiger partial charge in [-0.05, 0) is 31.9 Å². The average Bonchev–Trinajstić information content (AvgIpc) is 2.87. The van der Waals surface area contributed by atoms with Crippen molar-refractivity contribution in [3.05, 3.63) is 29.8 Å². The first-order chi connectivity index (χ1) is 8.77. The molecule has 1 aromatic carbocycles. The van der Waals surface area contributed by atoms with Crippen molar-refractivity contribution in [2.24, 2.45) is 0 Å². The number of likely N-dealkylation sites (tertiary alicyclic amines) is 1. The van der Waals surface area contributed by atoms with E-state index in [1.165, 1.54) is 0 Å². The van der Waals surface area contributed by atoms with E-state index in [2.05, 4.69) is 0 Å². The molecule has 1 aliphatic heterocycles. The molecule has 0 bridgehead atoms. The second-order valence-corrected chi connectivity index (χ2v) is 4.41. The van der Waals surface area contributed by atoms with Gasteiger partial charge in [-0.1, -0.05) is 12.1 Å². The summed E-state index contributed by atoms with van der Waals surface area (Å²) in [4.78, 5) is 14.2. The quantitative estimate of drug-likeness (QED) is 0.883. The lowest BCUT2D eigenvalue weighted by Gasteiger charge is -2.24. The number of carbonyl (C=O) groups excluding carboxylic acids is 1. The molecule has 2 rings (SSSR count). The summed E-state index contributed by atoms with van der Waals surface area (Å²) >= 11 is 0. The van der Waals surface area contributed by atoms with Crippen LogP contribution < -0.4 is 4.74 Å². The number of rotatable bonds is 4. The lowest BCUT2D eigenvalue weighted by molar-refractivity contribution is 0.0673. The zero-order valence-corrected chi connectivity index (χ0v) is 10.6. The Morgan fingerprint density at radius 1 is 1.50 bits per heavy atom. The van der Waals surface area contributed by atoms with Gasteiger partial charge in [-0.25, -0.2) is 0 Å². The van der Waals surface area contributed by atoms with Gasteiger partial charge in [0.15, 0.2) is 0 Å². The molecule has 1 fully saturated rings. The molecular formula is C14H19NO3. The Morgan fingerprint density at radius 2 is 2.28 bits per heavy atom. The van der Waals surface area contributed by atoms with Gasteiger partial charge in [0.05, 0.1) is 24.8 Å². The summed E-state index contributed by atoms with van der Waals surface area (Å²) in [6, 6.07) is 7.22. The lowest BCUT2D eigenvalue weighted by Crippen LogP contribution is -2.37. The van der Waals surface area contributed by atoms with Crippen LogP contribution in [0.5, 0.6) is 5.75 Å². The number of carbonyl (C=O) groups is 1. The molecule has 0 spiro atoms. The van der Waals surface area contributed by atoms with Gasteiger partial charge < -0.3 is 14.7 Å². The third-order valence-electron chi connectivity index (χ3n) is 3.27. The fraction of sp³-hybridized carbons (Fsp3) is 0.500. The van der Waals surface area contributed by atoms with E-state index in [0.717, 1.165) is 12.8 Å². The number of aliphatic hydroxyl groups excluding tert-OH is 1. The van der Waals surface area contributed by atoms with Gasteiger partial charge in [-0.3, -0.25) is 4.79 Å². The van der Waals surface area contributed by atoms with E-state index in [4.69, 9.17) is 4.74 Å². The van der Waals surface area contributed by atoms with E-state index in [-0.39, 0.29) is 18.6 Å². The fourth-order valence-corrected chi connectivity index (χ4v) is 2.37. The maximum Gasteiger partial charge on any atom is 0.257 e. The van der Waals surface area contributed by atoms with E-state index >= 15 is 0 Å². The van der Waals surface area contributed by atoms with Gasteiger partial charge in [0.2, 0.25) is 0 Å². The molecule has 0 aromatic heterocycles. The first-order valence-corrected chi connectivity index (χ1v) is 6.41. The highest BCUT2D eigenvalue weighted by atomic mass is 16.5. The highest BCUT2D eigenvalue weighted by Gasteiger charge is 2.30.